The first-order valence-corrected chi connectivity index (χ1v) is 11.2. The zero-order valence-electron chi connectivity index (χ0n) is 15.5. The van der Waals surface area contributed by atoms with Gasteiger partial charge in [-0.15, -0.1) is 11.3 Å². The van der Waals surface area contributed by atoms with Crippen LogP contribution in [0.25, 0.3) is 5.52 Å². The molecule has 9 heteroatoms. The second-order valence-corrected chi connectivity index (χ2v) is 9.15. The molecule has 150 valence electrons. The predicted octanol–water partition coefficient (Wildman–Crippen LogP) is 4.03. The molecular formula is C21H15N3O4S2. The van der Waals surface area contributed by atoms with Crippen LogP contribution >= 0.6 is 11.3 Å². The van der Waals surface area contributed by atoms with Crippen LogP contribution in [0.2, 0.25) is 0 Å². The van der Waals surface area contributed by atoms with Gasteiger partial charge in [-0.05, 0) is 35.7 Å². The maximum atomic E-state index is 12.7. The predicted molar refractivity (Wildman–Crippen MR) is 113 cm³/mol. The fourth-order valence-corrected chi connectivity index (χ4v) is 5.07. The molecule has 7 nitrogen and oxygen atoms in total. The first kappa shape index (κ1) is 19.7. The fourth-order valence-electron chi connectivity index (χ4n) is 3.00. The number of sulfonamides is 1. The number of fused-ring (bicyclic) bond motifs is 1. The van der Waals surface area contributed by atoms with Gasteiger partial charge in [-0.25, -0.2) is 13.2 Å². The monoisotopic (exact) mass is 437 g/mol. The van der Waals surface area contributed by atoms with Crippen molar-refractivity contribution < 1.29 is 17.9 Å². The van der Waals surface area contributed by atoms with Gasteiger partial charge in [0.1, 0.15) is 16.9 Å². The van der Waals surface area contributed by atoms with E-state index in [1.165, 1.54) is 18.2 Å². The highest BCUT2D eigenvalue weighted by molar-refractivity contribution is 7.94. The van der Waals surface area contributed by atoms with E-state index in [0.717, 1.165) is 16.9 Å². The van der Waals surface area contributed by atoms with E-state index in [4.69, 9.17) is 4.74 Å². The Hall–Kier alpha value is -3.61. The molecule has 0 aliphatic heterocycles. The number of anilines is 1. The number of nitrogens with one attached hydrogen (secondary N) is 1. The molecule has 0 saturated carbocycles. The van der Waals surface area contributed by atoms with Crippen molar-refractivity contribution in [1.82, 2.24) is 4.40 Å². The molecule has 0 saturated heterocycles. The minimum atomic E-state index is -3.81. The van der Waals surface area contributed by atoms with Crippen molar-refractivity contribution in [1.29, 1.82) is 5.26 Å². The molecule has 0 atom stereocenters. The molecule has 30 heavy (non-hydrogen) atoms. The second kappa shape index (κ2) is 8.02. The third-order valence-electron chi connectivity index (χ3n) is 4.38. The topological polar surface area (TPSA) is 101 Å². The van der Waals surface area contributed by atoms with E-state index in [1.54, 1.807) is 46.4 Å². The number of aromatic nitrogens is 1. The Labute approximate surface area is 176 Å². The SMILES string of the molecule is N#Cc1c(COC(=O)c2ccccc2NS(=O)(=O)c2cccs2)cn2ccccc12. The number of rotatable bonds is 6. The Morgan fingerprint density at radius 3 is 2.70 bits per heavy atom. The van der Waals surface area contributed by atoms with E-state index in [9.17, 15) is 18.5 Å². The lowest BCUT2D eigenvalue weighted by Gasteiger charge is -2.11. The van der Waals surface area contributed by atoms with Crippen LogP contribution in [0, 0.1) is 11.3 Å². The van der Waals surface area contributed by atoms with Gasteiger partial charge >= 0.3 is 5.97 Å². The number of carbonyl (C=O) groups excluding carboxylic acids is 1. The maximum absolute atomic E-state index is 12.7. The highest BCUT2D eigenvalue weighted by Crippen LogP contribution is 2.24. The number of thiophene rings is 1. The lowest BCUT2D eigenvalue weighted by molar-refractivity contribution is 0.0474. The van der Waals surface area contributed by atoms with Crippen molar-refractivity contribution in [3.8, 4) is 6.07 Å². The van der Waals surface area contributed by atoms with Gasteiger partial charge in [0.05, 0.1) is 22.3 Å². The van der Waals surface area contributed by atoms with Crippen LogP contribution in [-0.4, -0.2) is 18.8 Å². The van der Waals surface area contributed by atoms with Crippen molar-refractivity contribution in [2.45, 2.75) is 10.8 Å². The molecular weight excluding hydrogens is 422 g/mol. The molecule has 1 aromatic carbocycles. The van der Waals surface area contributed by atoms with Gasteiger partial charge < -0.3 is 9.14 Å². The minimum absolute atomic E-state index is 0.0832. The summed E-state index contributed by atoms with van der Waals surface area (Å²) in [5.41, 5.74) is 1.91. The Morgan fingerprint density at radius 2 is 1.93 bits per heavy atom. The van der Waals surface area contributed by atoms with Crippen LogP contribution in [0.4, 0.5) is 5.69 Å². The first-order valence-electron chi connectivity index (χ1n) is 8.81. The van der Waals surface area contributed by atoms with Crippen molar-refractivity contribution in [3.05, 3.63) is 89.1 Å². The first-order chi connectivity index (χ1) is 14.5. The average Bonchev–Trinajstić information content (AvgIpc) is 3.40. The smallest absolute Gasteiger partial charge is 0.340 e. The largest absolute Gasteiger partial charge is 0.457 e. The highest BCUT2D eigenvalue weighted by Gasteiger charge is 2.21. The lowest BCUT2D eigenvalue weighted by atomic mass is 10.2. The summed E-state index contributed by atoms with van der Waals surface area (Å²) in [7, 11) is -3.81. The van der Waals surface area contributed by atoms with Crippen LogP contribution in [-0.2, 0) is 21.4 Å². The van der Waals surface area contributed by atoms with Gasteiger partial charge in [-0.1, -0.05) is 24.3 Å². The number of benzene rings is 1. The molecule has 1 N–H and O–H groups in total. The quantitative estimate of drug-likeness (QED) is 0.459. The molecule has 4 rings (SSSR count). The highest BCUT2D eigenvalue weighted by atomic mass is 32.2. The third kappa shape index (κ3) is 3.78. The van der Waals surface area contributed by atoms with E-state index in [2.05, 4.69) is 10.8 Å². The van der Waals surface area contributed by atoms with E-state index in [0.29, 0.717) is 11.1 Å². The number of ether oxygens (including phenoxy) is 1. The Morgan fingerprint density at radius 1 is 1.13 bits per heavy atom. The Bertz CT molecular complexity index is 1370. The van der Waals surface area contributed by atoms with Gasteiger partial charge in [0.15, 0.2) is 0 Å². The fraction of sp³-hybridized carbons (Fsp3) is 0.0476. The summed E-state index contributed by atoms with van der Waals surface area (Å²) in [6, 6.07) is 16.9. The van der Waals surface area contributed by atoms with Crippen molar-refractivity contribution in [2.24, 2.45) is 0 Å². The summed E-state index contributed by atoms with van der Waals surface area (Å²) in [5.74, 6) is -0.696. The number of hydrogen-bond acceptors (Lipinski definition) is 6. The van der Waals surface area contributed by atoms with Crippen molar-refractivity contribution in [2.75, 3.05) is 4.72 Å². The van der Waals surface area contributed by atoms with Crippen LogP contribution < -0.4 is 4.72 Å². The number of pyridine rings is 1. The Kier molecular flexibility index (Phi) is 5.27. The van der Waals surface area contributed by atoms with E-state index < -0.39 is 16.0 Å². The standard InChI is InChI=1S/C21H15N3O4S2/c22-12-17-15(13-24-10-4-3-8-19(17)24)14-28-21(25)16-6-1-2-7-18(16)23-30(26,27)20-9-5-11-29-20/h1-11,13,23H,14H2. The normalized spacial score (nSPS) is 11.2. The molecule has 3 heterocycles. The summed E-state index contributed by atoms with van der Waals surface area (Å²) in [6.07, 6.45) is 3.53. The third-order valence-corrected chi connectivity index (χ3v) is 7.15. The van der Waals surface area contributed by atoms with Gasteiger partial charge in [-0.2, -0.15) is 5.26 Å². The number of nitrogens with zero attached hydrogens (tertiary/aromatic N) is 2. The lowest BCUT2D eigenvalue weighted by Crippen LogP contribution is -2.15. The van der Waals surface area contributed by atoms with Crippen LogP contribution in [0.15, 0.2) is 76.6 Å². The summed E-state index contributed by atoms with van der Waals surface area (Å²) >= 11 is 1.08. The summed E-state index contributed by atoms with van der Waals surface area (Å²) < 4.78 is 34.8. The van der Waals surface area contributed by atoms with Crippen LogP contribution in [0.3, 0.4) is 0 Å². The zero-order valence-corrected chi connectivity index (χ0v) is 17.1. The average molecular weight is 438 g/mol. The van der Waals surface area contributed by atoms with E-state index in [-0.39, 0.29) is 22.1 Å². The van der Waals surface area contributed by atoms with E-state index >= 15 is 0 Å². The number of carbonyl (C=O) groups is 1. The molecule has 0 aliphatic carbocycles. The second-order valence-electron chi connectivity index (χ2n) is 6.29. The van der Waals surface area contributed by atoms with Gasteiger partial charge in [-0.3, -0.25) is 4.72 Å². The summed E-state index contributed by atoms with van der Waals surface area (Å²) in [5, 5.41) is 11.1. The van der Waals surface area contributed by atoms with Crippen LogP contribution in [0.1, 0.15) is 21.5 Å². The molecule has 0 bridgehead atoms. The van der Waals surface area contributed by atoms with Gasteiger partial charge in [0, 0.05) is 18.0 Å². The molecule has 0 fully saturated rings. The van der Waals surface area contributed by atoms with Crippen LogP contribution in [0.5, 0.6) is 0 Å². The van der Waals surface area contributed by atoms with E-state index in [1.807, 2.05) is 12.1 Å². The Balaban J connectivity index is 1.56. The molecule has 4 aromatic rings. The number of para-hydroxylation sites is 1. The number of esters is 1. The molecule has 0 aliphatic rings. The van der Waals surface area contributed by atoms with Gasteiger partial charge in [0.25, 0.3) is 10.0 Å². The molecule has 3 aromatic heterocycles. The molecule has 0 radical (unpaired) electrons. The molecule has 0 amide bonds. The zero-order chi connectivity index (χ0) is 21.1. The molecule has 0 spiro atoms. The number of nitriles is 1. The number of hydrogen-bond donors (Lipinski definition) is 1. The summed E-state index contributed by atoms with van der Waals surface area (Å²) in [4.78, 5) is 12.7. The van der Waals surface area contributed by atoms with Crippen molar-refractivity contribution >= 4 is 38.5 Å². The van der Waals surface area contributed by atoms with Gasteiger partial charge in [0.2, 0.25) is 0 Å². The summed E-state index contributed by atoms with van der Waals surface area (Å²) in [6.45, 7) is -0.116. The maximum Gasteiger partial charge on any atom is 0.340 e. The molecule has 0 unspecified atom stereocenters. The van der Waals surface area contributed by atoms with Crippen molar-refractivity contribution in [3.63, 3.8) is 0 Å². The minimum Gasteiger partial charge on any atom is -0.457 e.